The Hall–Kier alpha value is -3.32. The molecule has 0 heterocycles. The first-order valence-corrected chi connectivity index (χ1v) is 12.0. The van der Waals surface area contributed by atoms with Gasteiger partial charge in [0.05, 0.1) is 0 Å². The molecule has 0 bridgehead atoms. The van der Waals surface area contributed by atoms with Crippen molar-refractivity contribution in [3.8, 4) is 0 Å². The Kier molecular flexibility index (Phi) is 8.71. The normalized spacial score (nSPS) is 13.9. The van der Waals surface area contributed by atoms with E-state index >= 15 is 8.78 Å². The Bertz CT molecular complexity index is 1090. The van der Waals surface area contributed by atoms with E-state index in [0.29, 0.717) is 4.46 Å². The van der Waals surface area contributed by atoms with Crippen molar-refractivity contribution < 1.29 is 33.0 Å². The van der Waals surface area contributed by atoms with Crippen molar-refractivity contribution in [2.75, 3.05) is 0 Å². The van der Waals surface area contributed by atoms with E-state index in [-0.39, 0.29) is 11.1 Å². The van der Waals surface area contributed by atoms with Gasteiger partial charge in [0.2, 0.25) is 0 Å². The van der Waals surface area contributed by atoms with Crippen LogP contribution >= 0.6 is 0 Å². The Morgan fingerprint density at radius 3 is 1.74 bits per heavy atom. The van der Waals surface area contributed by atoms with Crippen LogP contribution in [0.2, 0.25) is 0 Å². The van der Waals surface area contributed by atoms with Crippen molar-refractivity contribution >= 4 is 31.4 Å². The molecule has 3 aromatic carbocycles. The molecule has 0 aromatic heterocycles. The van der Waals surface area contributed by atoms with Crippen LogP contribution in [0.25, 0.3) is 0 Å². The number of carbonyl (C=O) groups excluding carboxylic acids is 2. The molecule has 176 valence electrons. The van der Waals surface area contributed by atoms with Crippen LogP contribution in [0.5, 0.6) is 0 Å². The van der Waals surface area contributed by atoms with E-state index in [0.717, 1.165) is 6.08 Å². The average molecular weight is 531 g/mol. The molecule has 0 saturated heterocycles. The van der Waals surface area contributed by atoms with E-state index in [2.05, 4.69) is 6.58 Å². The third kappa shape index (κ3) is 6.60. The molecular formula is C26H22F2O5Se. The Morgan fingerprint density at radius 2 is 1.26 bits per heavy atom. The zero-order chi connectivity index (χ0) is 24.6. The fourth-order valence-corrected chi connectivity index (χ4v) is 4.80. The van der Waals surface area contributed by atoms with E-state index in [1.807, 2.05) is 0 Å². The van der Waals surface area contributed by atoms with Crippen LogP contribution in [0.1, 0.15) is 20.7 Å². The number of carbonyl (C=O) groups is 2. The number of rotatable bonds is 10. The van der Waals surface area contributed by atoms with Gasteiger partial charge in [0.15, 0.2) is 0 Å². The molecule has 0 saturated carbocycles. The Labute approximate surface area is 202 Å². The molecule has 3 aromatic rings. The van der Waals surface area contributed by atoms with Crippen LogP contribution in [0.15, 0.2) is 104 Å². The summed E-state index contributed by atoms with van der Waals surface area (Å²) in [6, 6.07) is 23.5. The van der Waals surface area contributed by atoms with Gasteiger partial charge in [0.1, 0.15) is 0 Å². The molecule has 0 aliphatic rings. The summed E-state index contributed by atoms with van der Waals surface area (Å²) in [7, 11) is 0. The molecule has 1 N–H and O–H groups in total. The van der Waals surface area contributed by atoms with Gasteiger partial charge in [-0.2, -0.15) is 0 Å². The second-order valence-electron chi connectivity index (χ2n) is 7.13. The number of aliphatic hydroxyl groups is 1. The number of halogens is 2. The minimum atomic E-state index is -3.66. The van der Waals surface area contributed by atoms with Gasteiger partial charge < -0.3 is 0 Å². The second kappa shape index (κ2) is 11.7. The predicted octanol–water partition coefficient (Wildman–Crippen LogP) is 3.61. The van der Waals surface area contributed by atoms with E-state index in [1.54, 1.807) is 54.6 Å². The van der Waals surface area contributed by atoms with Crippen molar-refractivity contribution in [3.63, 3.8) is 0 Å². The van der Waals surface area contributed by atoms with Gasteiger partial charge in [-0.25, -0.2) is 0 Å². The molecule has 0 aliphatic carbocycles. The number of ether oxygens (including phenoxy) is 2. The third-order valence-electron chi connectivity index (χ3n) is 4.71. The SMILES string of the molecule is C=C[C@@H](OC(=O)c1ccccc1)[C@H](OC(=O)c1ccccc1)[C@@H](O)C(F)(F)[Se]c1ccccc1. The van der Waals surface area contributed by atoms with Crippen molar-refractivity contribution in [2.24, 2.45) is 0 Å². The van der Waals surface area contributed by atoms with Crippen LogP contribution in [-0.2, 0) is 9.47 Å². The first-order valence-electron chi connectivity index (χ1n) is 10.3. The maximum atomic E-state index is 15.2. The predicted molar refractivity (Wildman–Crippen MR) is 124 cm³/mol. The molecule has 0 spiro atoms. The maximum absolute atomic E-state index is 15.2. The molecule has 0 unspecified atom stereocenters. The standard InChI is InChI=1S/C26H22F2O5Se/c1-2-21(32-24(30)18-12-6-3-7-13-18)22(33-25(31)19-14-8-4-9-15-19)23(29)26(27,28)34-20-16-10-5-11-17-20/h2-17,21-23,29H,1H2/t21-,22+,23-/m1/s1. The van der Waals surface area contributed by atoms with Crippen LogP contribution < -0.4 is 4.46 Å². The van der Waals surface area contributed by atoms with Gasteiger partial charge in [-0.1, -0.05) is 0 Å². The Balaban J connectivity index is 1.88. The van der Waals surface area contributed by atoms with Crippen molar-refractivity contribution in [2.45, 2.75) is 23.1 Å². The molecule has 3 atom stereocenters. The first kappa shape index (κ1) is 25.3. The average Bonchev–Trinajstić information content (AvgIpc) is 2.86. The monoisotopic (exact) mass is 532 g/mol. The molecule has 0 aliphatic heterocycles. The van der Waals surface area contributed by atoms with E-state index in [9.17, 15) is 14.7 Å². The van der Waals surface area contributed by atoms with Crippen LogP contribution in [0, 0.1) is 0 Å². The number of hydrogen-bond donors (Lipinski definition) is 1. The molecule has 8 heteroatoms. The van der Waals surface area contributed by atoms with Gasteiger partial charge >= 0.3 is 202 Å². The minimum absolute atomic E-state index is 0.0915. The third-order valence-corrected chi connectivity index (χ3v) is 6.86. The molecular weight excluding hydrogens is 509 g/mol. The van der Waals surface area contributed by atoms with E-state index in [1.165, 1.54) is 36.4 Å². The molecule has 0 fully saturated rings. The van der Waals surface area contributed by atoms with Gasteiger partial charge in [0, 0.05) is 0 Å². The van der Waals surface area contributed by atoms with Crippen molar-refractivity contribution in [1.82, 2.24) is 0 Å². The number of alkyl halides is 2. The zero-order valence-electron chi connectivity index (χ0n) is 17.9. The molecule has 5 nitrogen and oxygen atoms in total. The number of aliphatic hydroxyl groups excluding tert-OH is 1. The topological polar surface area (TPSA) is 72.8 Å². The zero-order valence-corrected chi connectivity index (χ0v) is 19.6. The molecule has 3 rings (SSSR count). The summed E-state index contributed by atoms with van der Waals surface area (Å²) in [5, 5.41) is 10.7. The van der Waals surface area contributed by atoms with Crippen LogP contribution in [-0.4, -0.2) is 55.1 Å². The van der Waals surface area contributed by atoms with Gasteiger partial charge in [-0.3, -0.25) is 0 Å². The Morgan fingerprint density at radius 1 is 0.824 bits per heavy atom. The molecule has 0 amide bonds. The fraction of sp³-hybridized carbons (Fsp3) is 0.154. The van der Waals surface area contributed by atoms with Crippen LogP contribution in [0.3, 0.4) is 0 Å². The summed E-state index contributed by atoms with van der Waals surface area (Å²) in [6.45, 7) is 3.54. The summed E-state index contributed by atoms with van der Waals surface area (Å²) in [5.41, 5.74) is 0.256. The summed E-state index contributed by atoms with van der Waals surface area (Å²) < 4.78 is 41.3. The quantitative estimate of drug-likeness (QED) is 0.246. The number of esters is 2. The first-order chi connectivity index (χ1) is 16.3. The summed E-state index contributed by atoms with van der Waals surface area (Å²) in [4.78, 5) is 21.6. The summed E-state index contributed by atoms with van der Waals surface area (Å²) in [5.74, 6) is -1.79. The van der Waals surface area contributed by atoms with E-state index < -0.39 is 50.0 Å². The second-order valence-corrected chi connectivity index (χ2v) is 9.69. The number of benzene rings is 3. The van der Waals surface area contributed by atoms with Gasteiger partial charge in [-0.05, 0) is 0 Å². The fourth-order valence-electron chi connectivity index (χ4n) is 2.99. The molecule has 0 radical (unpaired) electrons. The van der Waals surface area contributed by atoms with Crippen LogP contribution in [0.4, 0.5) is 8.78 Å². The summed E-state index contributed by atoms with van der Waals surface area (Å²) >= 11 is -1.50. The number of hydrogen-bond acceptors (Lipinski definition) is 5. The van der Waals surface area contributed by atoms with Gasteiger partial charge in [-0.15, -0.1) is 0 Å². The van der Waals surface area contributed by atoms with Gasteiger partial charge in [0.25, 0.3) is 0 Å². The van der Waals surface area contributed by atoms with E-state index in [4.69, 9.17) is 9.47 Å². The molecule has 34 heavy (non-hydrogen) atoms. The summed E-state index contributed by atoms with van der Waals surface area (Å²) in [6.07, 6.45) is -4.85. The van der Waals surface area contributed by atoms with Crippen molar-refractivity contribution in [1.29, 1.82) is 0 Å². The van der Waals surface area contributed by atoms with Crippen molar-refractivity contribution in [3.05, 3.63) is 115 Å².